The fraction of sp³-hybridized carbons (Fsp3) is 0.350. The van der Waals surface area contributed by atoms with Gasteiger partial charge in [0.15, 0.2) is 0 Å². The van der Waals surface area contributed by atoms with Gasteiger partial charge in [0.2, 0.25) is 5.91 Å². The number of carbonyl (C=O) groups excluding carboxylic acids is 1. The normalized spacial score (nSPS) is 18.5. The molecule has 0 aromatic heterocycles. The van der Waals surface area contributed by atoms with Crippen LogP contribution in [-0.4, -0.2) is 23.9 Å². The van der Waals surface area contributed by atoms with Crippen LogP contribution >= 0.6 is 0 Å². The highest BCUT2D eigenvalue weighted by Crippen LogP contribution is 2.35. The number of carbonyl (C=O) groups is 1. The molecule has 3 rings (SSSR count). The Morgan fingerprint density at radius 3 is 2.50 bits per heavy atom. The maximum absolute atomic E-state index is 13.1. The van der Waals surface area contributed by atoms with Gasteiger partial charge in [-0.15, -0.1) is 0 Å². The molecule has 1 amide bonds. The van der Waals surface area contributed by atoms with Crippen LogP contribution < -0.4 is 5.32 Å². The van der Waals surface area contributed by atoms with E-state index in [1.807, 2.05) is 30.3 Å². The number of alkyl halides is 3. The smallest absolute Gasteiger partial charge is 0.325 e. The van der Waals surface area contributed by atoms with Gasteiger partial charge in [-0.1, -0.05) is 42.5 Å². The number of nitrogens with one attached hydrogen (secondary N) is 1. The summed E-state index contributed by atoms with van der Waals surface area (Å²) in [4.78, 5) is 14.7. The third kappa shape index (κ3) is 4.64. The molecule has 1 fully saturated rings. The van der Waals surface area contributed by atoms with E-state index < -0.39 is 11.7 Å². The zero-order chi connectivity index (χ0) is 18.6. The molecule has 6 heteroatoms. The predicted octanol–water partition coefficient (Wildman–Crippen LogP) is 4.56. The molecule has 0 saturated carbocycles. The summed E-state index contributed by atoms with van der Waals surface area (Å²) in [5.74, 6) is -0.659. The lowest BCUT2D eigenvalue weighted by atomic mass is 9.96. The van der Waals surface area contributed by atoms with Crippen LogP contribution in [0.2, 0.25) is 0 Å². The molecule has 0 radical (unpaired) electrons. The highest BCUT2D eigenvalue weighted by atomic mass is 19.4. The number of amides is 1. The van der Waals surface area contributed by atoms with Crippen LogP contribution in [0.3, 0.4) is 0 Å². The van der Waals surface area contributed by atoms with Crippen LogP contribution in [0.25, 0.3) is 0 Å². The Balaban J connectivity index is 1.65. The first-order valence-electron chi connectivity index (χ1n) is 8.67. The van der Waals surface area contributed by atoms with E-state index in [1.54, 1.807) is 0 Å². The summed E-state index contributed by atoms with van der Waals surface area (Å²) >= 11 is 0. The average molecular weight is 362 g/mol. The minimum Gasteiger partial charge on any atom is -0.325 e. The molecule has 26 heavy (non-hydrogen) atoms. The molecule has 3 nitrogen and oxygen atoms in total. The molecule has 1 atom stereocenters. The molecule has 0 aliphatic carbocycles. The van der Waals surface area contributed by atoms with Crippen molar-refractivity contribution in [2.75, 3.05) is 18.4 Å². The first-order valence-corrected chi connectivity index (χ1v) is 8.67. The summed E-state index contributed by atoms with van der Waals surface area (Å²) in [7, 11) is 0. The topological polar surface area (TPSA) is 32.3 Å². The van der Waals surface area contributed by atoms with Crippen LogP contribution in [0.5, 0.6) is 0 Å². The van der Waals surface area contributed by atoms with Crippen LogP contribution in [0, 0.1) is 5.92 Å². The highest BCUT2D eigenvalue weighted by Gasteiger charge is 2.34. The fourth-order valence-corrected chi connectivity index (χ4v) is 3.33. The molecule has 1 saturated heterocycles. The van der Waals surface area contributed by atoms with Crippen molar-refractivity contribution in [2.24, 2.45) is 5.92 Å². The van der Waals surface area contributed by atoms with Gasteiger partial charge in [0.05, 0.1) is 17.2 Å². The molecular formula is C20H21F3N2O. The molecule has 1 heterocycles. The summed E-state index contributed by atoms with van der Waals surface area (Å²) in [6.45, 7) is 2.18. The Morgan fingerprint density at radius 1 is 1.08 bits per heavy atom. The van der Waals surface area contributed by atoms with Crippen molar-refractivity contribution >= 4 is 11.6 Å². The van der Waals surface area contributed by atoms with Crippen molar-refractivity contribution in [3.63, 3.8) is 0 Å². The van der Waals surface area contributed by atoms with Crippen molar-refractivity contribution in [1.29, 1.82) is 0 Å². The van der Waals surface area contributed by atoms with E-state index in [0.717, 1.165) is 31.1 Å². The van der Waals surface area contributed by atoms with E-state index in [-0.39, 0.29) is 17.5 Å². The largest absolute Gasteiger partial charge is 0.418 e. The second-order valence-corrected chi connectivity index (χ2v) is 6.59. The fourth-order valence-electron chi connectivity index (χ4n) is 3.33. The van der Waals surface area contributed by atoms with Gasteiger partial charge in [0.25, 0.3) is 0 Å². The number of benzene rings is 2. The minimum absolute atomic E-state index is 0.176. The standard InChI is InChI=1S/C20H21F3N2O/c21-20(22,23)17-10-4-5-11-18(17)24-19(26)16-9-6-12-25(14-16)13-15-7-2-1-3-8-15/h1-5,7-8,10-11,16H,6,9,12-14H2,(H,24,26). The van der Waals surface area contributed by atoms with E-state index >= 15 is 0 Å². The number of hydrogen-bond acceptors (Lipinski definition) is 2. The van der Waals surface area contributed by atoms with Crippen molar-refractivity contribution in [2.45, 2.75) is 25.6 Å². The molecule has 0 bridgehead atoms. The Hall–Kier alpha value is -2.34. The molecule has 1 aliphatic rings. The number of likely N-dealkylation sites (tertiary alicyclic amines) is 1. The summed E-state index contributed by atoms with van der Waals surface area (Å²) in [5, 5.41) is 2.49. The van der Waals surface area contributed by atoms with E-state index in [2.05, 4.69) is 10.2 Å². The number of hydrogen-bond donors (Lipinski definition) is 1. The van der Waals surface area contributed by atoms with E-state index in [1.165, 1.54) is 18.2 Å². The third-order valence-electron chi connectivity index (χ3n) is 4.62. The average Bonchev–Trinajstić information content (AvgIpc) is 2.62. The minimum atomic E-state index is -4.49. The van der Waals surface area contributed by atoms with Gasteiger partial charge >= 0.3 is 6.18 Å². The summed E-state index contributed by atoms with van der Waals surface area (Å²) in [6.07, 6.45) is -2.95. The van der Waals surface area contributed by atoms with E-state index in [4.69, 9.17) is 0 Å². The summed E-state index contributed by atoms with van der Waals surface area (Å²) in [5.41, 5.74) is 0.173. The number of para-hydroxylation sites is 1. The quantitative estimate of drug-likeness (QED) is 0.865. The lowest BCUT2D eigenvalue weighted by Crippen LogP contribution is -2.40. The molecule has 1 N–H and O–H groups in total. The van der Waals surface area contributed by atoms with Crippen molar-refractivity contribution in [1.82, 2.24) is 4.90 Å². The van der Waals surface area contributed by atoms with E-state index in [9.17, 15) is 18.0 Å². The van der Waals surface area contributed by atoms with Gasteiger partial charge in [-0.25, -0.2) is 0 Å². The van der Waals surface area contributed by atoms with Gasteiger partial charge in [-0.2, -0.15) is 13.2 Å². The zero-order valence-corrected chi connectivity index (χ0v) is 14.3. The van der Waals surface area contributed by atoms with Gasteiger partial charge in [0.1, 0.15) is 0 Å². The van der Waals surface area contributed by atoms with Gasteiger partial charge in [0, 0.05) is 13.1 Å². The van der Waals surface area contributed by atoms with Crippen LogP contribution in [-0.2, 0) is 17.5 Å². The molecule has 138 valence electrons. The maximum Gasteiger partial charge on any atom is 0.418 e. The summed E-state index contributed by atoms with van der Waals surface area (Å²) in [6, 6.07) is 15.0. The molecule has 1 unspecified atom stereocenters. The molecule has 0 spiro atoms. The van der Waals surface area contributed by atoms with Gasteiger partial charge in [-0.3, -0.25) is 9.69 Å². The Morgan fingerprint density at radius 2 is 1.77 bits per heavy atom. The predicted molar refractivity (Wildman–Crippen MR) is 94.5 cm³/mol. The van der Waals surface area contributed by atoms with Crippen molar-refractivity contribution < 1.29 is 18.0 Å². The molecular weight excluding hydrogens is 341 g/mol. The van der Waals surface area contributed by atoms with Crippen molar-refractivity contribution in [3.8, 4) is 0 Å². The number of rotatable bonds is 4. The highest BCUT2D eigenvalue weighted by molar-refractivity contribution is 5.93. The Kier molecular flexibility index (Phi) is 5.61. The Bertz CT molecular complexity index is 746. The zero-order valence-electron chi connectivity index (χ0n) is 14.3. The first-order chi connectivity index (χ1) is 12.4. The molecule has 2 aromatic carbocycles. The number of anilines is 1. The van der Waals surface area contributed by atoms with Crippen molar-refractivity contribution in [3.05, 3.63) is 65.7 Å². The monoisotopic (exact) mass is 362 g/mol. The van der Waals surface area contributed by atoms with Crippen LogP contribution in [0.15, 0.2) is 54.6 Å². The van der Waals surface area contributed by atoms with Crippen LogP contribution in [0.4, 0.5) is 18.9 Å². The molecule has 1 aliphatic heterocycles. The van der Waals surface area contributed by atoms with Gasteiger partial charge in [-0.05, 0) is 37.1 Å². The van der Waals surface area contributed by atoms with Crippen LogP contribution in [0.1, 0.15) is 24.0 Å². The lowest BCUT2D eigenvalue weighted by molar-refractivity contribution is -0.137. The SMILES string of the molecule is O=C(Nc1ccccc1C(F)(F)F)C1CCCN(Cc2ccccc2)C1. The van der Waals surface area contributed by atoms with Gasteiger partial charge < -0.3 is 5.32 Å². The Labute approximate surface area is 150 Å². The lowest BCUT2D eigenvalue weighted by Gasteiger charge is -2.32. The maximum atomic E-state index is 13.1. The number of halogens is 3. The van der Waals surface area contributed by atoms with E-state index in [0.29, 0.717) is 13.0 Å². The first kappa shape index (κ1) is 18.5. The third-order valence-corrected chi connectivity index (χ3v) is 4.62. The number of nitrogens with zero attached hydrogens (tertiary/aromatic N) is 1. The second-order valence-electron chi connectivity index (χ2n) is 6.59. The number of piperidine rings is 1. The molecule has 2 aromatic rings. The second kappa shape index (κ2) is 7.91. The summed E-state index contributed by atoms with van der Waals surface area (Å²) < 4.78 is 39.3.